The largest absolute Gasteiger partial charge is 0.508 e. The highest BCUT2D eigenvalue weighted by atomic mass is 16.5. The van der Waals surface area contributed by atoms with Crippen molar-refractivity contribution in [2.24, 2.45) is 0 Å². The molecule has 2 atom stereocenters. The van der Waals surface area contributed by atoms with Gasteiger partial charge in [-0.3, -0.25) is 0 Å². The Bertz CT molecular complexity index is 950. The van der Waals surface area contributed by atoms with E-state index in [9.17, 15) is 20.1 Å². The predicted molar refractivity (Wildman–Crippen MR) is 135 cm³/mol. The molecule has 3 N–H and O–H groups in total. The number of aliphatic hydroxyl groups is 2. The van der Waals surface area contributed by atoms with Crippen molar-refractivity contribution in [3.05, 3.63) is 52.6 Å². The lowest BCUT2D eigenvalue weighted by molar-refractivity contribution is -0.136. The molecule has 0 aliphatic carbocycles. The van der Waals surface area contributed by atoms with Crippen molar-refractivity contribution in [3.63, 3.8) is 0 Å². The Morgan fingerprint density at radius 2 is 1.94 bits per heavy atom. The van der Waals surface area contributed by atoms with Crippen molar-refractivity contribution in [1.82, 2.24) is 0 Å². The third-order valence-electron chi connectivity index (χ3n) is 6.25. The summed E-state index contributed by atoms with van der Waals surface area (Å²) in [6.07, 6.45) is 11.0. The fourth-order valence-electron chi connectivity index (χ4n) is 3.96. The van der Waals surface area contributed by atoms with Gasteiger partial charge >= 0.3 is 5.97 Å². The summed E-state index contributed by atoms with van der Waals surface area (Å²) < 4.78 is 11.2. The SMILES string of the molecule is COC(=O)/C(=C\CC/C(C)=C/CCC1(C)C=Cc2cc(O)cc(C)c2O1)CCC(O)C(C)(C)O. The topological polar surface area (TPSA) is 96.2 Å². The number of carbonyl (C=O) groups excluding carboxylic acids is 1. The quantitative estimate of drug-likeness (QED) is 0.227. The molecule has 0 fully saturated rings. The highest BCUT2D eigenvalue weighted by molar-refractivity contribution is 5.88. The summed E-state index contributed by atoms with van der Waals surface area (Å²) in [7, 11) is 1.35. The van der Waals surface area contributed by atoms with Crippen LogP contribution in [0.2, 0.25) is 0 Å². The molecule has 0 saturated heterocycles. The Morgan fingerprint density at radius 1 is 1.24 bits per heavy atom. The number of hydrogen-bond acceptors (Lipinski definition) is 6. The van der Waals surface area contributed by atoms with E-state index in [4.69, 9.17) is 9.47 Å². The minimum Gasteiger partial charge on any atom is -0.508 e. The Balaban J connectivity index is 1.89. The Hall–Kier alpha value is -2.57. The van der Waals surface area contributed by atoms with Gasteiger partial charge in [0.25, 0.3) is 0 Å². The van der Waals surface area contributed by atoms with Crippen LogP contribution in [-0.4, -0.2) is 45.7 Å². The summed E-state index contributed by atoms with van der Waals surface area (Å²) in [6.45, 7) is 9.17. The van der Waals surface area contributed by atoms with Gasteiger partial charge in [-0.05, 0) is 96.9 Å². The van der Waals surface area contributed by atoms with Crippen LogP contribution in [0.3, 0.4) is 0 Å². The van der Waals surface area contributed by atoms with Gasteiger partial charge in [-0.15, -0.1) is 0 Å². The lowest BCUT2D eigenvalue weighted by atomic mass is 9.93. The highest BCUT2D eigenvalue weighted by Crippen LogP contribution is 2.38. The molecule has 1 aromatic rings. The molecular formula is C28H40O6. The normalized spacial score (nSPS) is 19.4. The maximum Gasteiger partial charge on any atom is 0.333 e. The first-order chi connectivity index (χ1) is 15.8. The van der Waals surface area contributed by atoms with Crippen molar-refractivity contribution in [2.75, 3.05) is 7.11 Å². The second-order valence-electron chi connectivity index (χ2n) is 9.99. The molecule has 188 valence electrons. The summed E-state index contributed by atoms with van der Waals surface area (Å²) in [5.74, 6) is 0.658. The van der Waals surface area contributed by atoms with E-state index in [1.807, 2.05) is 25.2 Å². The summed E-state index contributed by atoms with van der Waals surface area (Å²) in [6, 6.07) is 3.42. The molecule has 1 heterocycles. The first-order valence-electron chi connectivity index (χ1n) is 11.9. The fraction of sp³-hybridized carbons (Fsp3) is 0.536. The van der Waals surface area contributed by atoms with Crippen LogP contribution >= 0.6 is 0 Å². The molecule has 0 saturated carbocycles. The van der Waals surface area contributed by atoms with Gasteiger partial charge in [0.15, 0.2) is 0 Å². The number of fused-ring (bicyclic) bond motifs is 1. The van der Waals surface area contributed by atoms with Gasteiger partial charge in [0.2, 0.25) is 0 Å². The van der Waals surface area contributed by atoms with Gasteiger partial charge in [-0.25, -0.2) is 4.79 Å². The molecule has 6 heteroatoms. The van der Waals surface area contributed by atoms with E-state index in [1.165, 1.54) is 12.7 Å². The molecule has 0 spiro atoms. The Morgan fingerprint density at radius 3 is 2.59 bits per heavy atom. The van der Waals surface area contributed by atoms with Crippen LogP contribution in [0.1, 0.15) is 77.3 Å². The van der Waals surface area contributed by atoms with Crippen LogP contribution in [0.25, 0.3) is 6.08 Å². The number of aromatic hydroxyl groups is 1. The molecule has 2 rings (SSSR count). The maximum absolute atomic E-state index is 12.1. The zero-order valence-corrected chi connectivity index (χ0v) is 21.4. The van der Waals surface area contributed by atoms with Gasteiger partial charge in [0, 0.05) is 11.1 Å². The molecule has 0 aromatic heterocycles. The number of benzene rings is 1. The Kier molecular flexibility index (Phi) is 9.54. The van der Waals surface area contributed by atoms with Crippen LogP contribution in [0.15, 0.2) is 41.5 Å². The molecule has 0 amide bonds. The van der Waals surface area contributed by atoms with Crippen molar-refractivity contribution >= 4 is 12.0 Å². The maximum atomic E-state index is 12.1. The number of rotatable bonds is 11. The van der Waals surface area contributed by atoms with E-state index >= 15 is 0 Å². The molecule has 6 nitrogen and oxygen atoms in total. The number of methoxy groups -OCH3 is 1. The lowest BCUT2D eigenvalue weighted by Crippen LogP contribution is -2.35. The van der Waals surface area contributed by atoms with Crippen molar-refractivity contribution in [1.29, 1.82) is 0 Å². The lowest BCUT2D eigenvalue weighted by Gasteiger charge is -2.32. The molecular weight excluding hydrogens is 432 g/mol. The summed E-state index contributed by atoms with van der Waals surface area (Å²) in [5.41, 5.74) is 1.93. The summed E-state index contributed by atoms with van der Waals surface area (Å²) in [4.78, 5) is 12.1. The van der Waals surface area contributed by atoms with Gasteiger partial charge < -0.3 is 24.8 Å². The number of ether oxygens (including phenoxy) is 2. The number of esters is 1. The highest BCUT2D eigenvalue weighted by Gasteiger charge is 2.28. The van der Waals surface area contributed by atoms with Crippen LogP contribution < -0.4 is 4.74 Å². The first-order valence-corrected chi connectivity index (χ1v) is 11.9. The van der Waals surface area contributed by atoms with E-state index in [0.717, 1.165) is 36.1 Å². The minimum absolute atomic E-state index is 0.240. The average molecular weight is 473 g/mol. The molecule has 0 radical (unpaired) electrons. The molecule has 34 heavy (non-hydrogen) atoms. The molecule has 0 bridgehead atoms. The number of phenolic OH excluding ortho intramolecular Hbond substituents is 1. The van der Waals surface area contributed by atoms with Crippen molar-refractivity contribution in [3.8, 4) is 11.5 Å². The second-order valence-corrected chi connectivity index (χ2v) is 9.99. The number of hydrogen-bond donors (Lipinski definition) is 3. The van der Waals surface area contributed by atoms with Gasteiger partial charge in [-0.2, -0.15) is 0 Å². The van der Waals surface area contributed by atoms with Gasteiger partial charge in [0.1, 0.15) is 17.1 Å². The predicted octanol–water partition coefficient (Wildman–Crippen LogP) is 5.38. The third kappa shape index (κ3) is 8.03. The monoisotopic (exact) mass is 472 g/mol. The Labute approximate surface area is 203 Å². The number of aryl methyl sites for hydroxylation is 1. The van der Waals surface area contributed by atoms with E-state index in [2.05, 4.69) is 19.9 Å². The number of aliphatic hydroxyl groups excluding tert-OH is 1. The third-order valence-corrected chi connectivity index (χ3v) is 6.25. The fourth-order valence-corrected chi connectivity index (χ4v) is 3.96. The zero-order valence-electron chi connectivity index (χ0n) is 21.4. The van der Waals surface area contributed by atoms with E-state index in [0.29, 0.717) is 18.4 Å². The first kappa shape index (κ1) is 27.7. The van der Waals surface area contributed by atoms with Gasteiger partial charge in [-0.1, -0.05) is 23.8 Å². The van der Waals surface area contributed by atoms with Crippen LogP contribution in [0.5, 0.6) is 11.5 Å². The molecule has 2 unspecified atom stereocenters. The molecule has 1 aliphatic rings. The zero-order chi connectivity index (χ0) is 25.5. The van der Waals surface area contributed by atoms with E-state index in [1.54, 1.807) is 26.0 Å². The summed E-state index contributed by atoms with van der Waals surface area (Å²) >= 11 is 0. The van der Waals surface area contributed by atoms with Crippen LogP contribution in [0, 0.1) is 6.92 Å². The standard InChI is InChI=1S/C28H40O6/c1-19(9-7-11-21(26(31)33-6)12-13-24(30)27(3,4)32)10-8-15-28(5)16-14-22-18-23(29)17-20(2)25(22)34-28/h10-11,14,16-18,24,29-30,32H,7-9,12-13,15H2,1-6H3/b19-10+,21-11-. The van der Waals surface area contributed by atoms with Crippen molar-refractivity contribution < 1.29 is 29.6 Å². The number of phenols is 1. The van der Waals surface area contributed by atoms with Crippen LogP contribution in [-0.2, 0) is 9.53 Å². The minimum atomic E-state index is -1.21. The second kappa shape index (κ2) is 11.7. The number of allylic oxidation sites excluding steroid dienone is 3. The smallest absolute Gasteiger partial charge is 0.333 e. The molecule has 1 aromatic carbocycles. The van der Waals surface area contributed by atoms with E-state index in [-0.39, 0.29) is 12.2 Å². The van der Waals surface area contributed by atoms with Gasteiger partial charge in [0.05, 0.1) is 18.8 Å². The van der Waals surface area contributed by atoms with E-state index < -0.39 is 23.3 Å². The number of carbonyl (C=O) groups is 1. The summed E-state index contributed by atoms with van der Waals surface area (Å²) in [5, 5.41) is 29.7. The van der Waals surface area contributed by atoms with Crippen molar-refractivity contribution in [2.45, 2.75) is 90.4 Å². The molecule has 1 aliphatic heterocycles. The average Bonchev–Trinajstić information content (AvgIpc) is 2.75. The van der Waals surface area contributed by atoms with Crippen LogP contribution in [0.4, 0.5) is 0 Å².